The first-order chi connectivity index (χ1) is 7.54. The van der Waals surface area contributed by atoms with Gasteiger partial charge in [0.25, 0.3) is 0 Å². The molecule has 0 saturated heterocycles. The number of carbonyl (C=O) groups excluding carboxylic acids is 1. The van der Waals surface area contributed by atoms with E-state index >= 15 is 0 Å². The van der Waals surface area contributed by atoms with Crippen molar-refractivity contribution in [3.63, 3.8) is 0 Å². The summed E-state index contributed by atoms with van der Waals surface area (Å²) in [7, 11) is 1.38. The third-order valence-electron chi connectivity index (χ3n) is 1.97. The summed E-state index contributed by atoms with van der Waals surface area (Å²) in [4.78, 5) is 11.1. The van der Waals surface area contributed by atoms with Crippen LogP contribution in [0.3, 0.4) is 0 Å². The molecule has 0 radical (unpaired) electrons. The van der Waals surface area contributed by atoms with Crippen LogP contribution in [0.15, 0.2) is 18.2 Å². The van der Waals surface area contributed by atoms with Crippen LogP contribution in [0.1, 0.15) is 12.5 Å². The predicted molar refractivity (Wildman–Crippen MR) is 56.4 cm³/mol. The Morgan fingerprint density at radius 2 is 2.25 bits per heavy atom. The number of hydrogen-bond donors (Lipinski definition) is 1. The molecule has 0 saturated carbocycles. The van der Waals surface area contributed by atoms with E-state index in [2.05, 4.69) is 0 Å². The summed E-state index contributed by atoms with van der Waals surface area (Å²) in [6.45, 7) is 1.53. The number of halogens is 1. The Morgan fingerprint density at radius 3 is 2.75 bits per heavy atom. The maximum Gasteiger partial charge on any atom is 0.322 e. The molecule has 0 aliphatic carbocycles. The number of esters is 1. The Bertz CT molecular complexity index is 379. The van der Waals surface area contributed by atoms with E-state index in [0.717, 1.165) is 0 Å². The van der Waals surface area contributed by atoms with Crippen molar-refractivity contribution < 1.29 is 18.7 Å². The molecule has 1 unspecified atom stereocenters. The average Bonchev–Trinajstić information content (AvgIpc) is 2.25. The molecule has 0 spiro atoms. The first-order valence-electron chi connectivity index (χ1n) is 4.79. The van der Waals surface area contributed by atoms with E-state index in [-0.39, 0.29) is 12.4 Å². The molecule has 0 aromatic heterocycles. The van der Waals surface area contributed by atoms with E-state index in [0.29, 0.717) is 5.56 Å². The van der Waals surface area contributed by atoms with Gasteiger partial charge in [0, 0.05) is 0 Å². The summed E-state index contributed by atoms with van der Waals surface area (Å²) >= 11 is 0. The van der Waals surface area contributed by atoms with Crippen LogP contribution >= 0.6 is 0 Å². The summed E-state index contributed by atoms with van der Waals surface area (Å²) in [5.41, 5.74) is 5.86. The van der Waals surface area contributed by atoms with Crippen molar-refractivity contribution in [1.29, 1.82) is 0 Å². The zero-order valence-electron chi connectivity index (χ0n) is 9.20. The lowest BCUT2D eigenvalue weighted by Gasteiger charge is -2.08. The molecule has 16 heavy (non-hydrogen) atoms. The van der Waals surface area contributed by atoms with Crippen molar-refractivity contribution in [1.82, 2.24) is 0 Å². The highest BCUT2D eigenvalue weighted by Crippen LogP contribution is 2.18. The van der Waals surface area contributed by atoms with Crippen molar-refractivity contribution >= 4 is 5.97 Å². The SMILES string of the molecule is COc1ccc(COC(=O)C(C)N)cc1F. The molecular formula is C11H14FNO3. The summed E-state index contributed by atoms with van der Waals surface area (Å²) in [5, 5.41) is 0. The van der Waals surface area contributed by atoms with E-state index in [9.17, 15) is 9.18 Å². The van der Waals surface area contributed by atoms with Gasteiger partial charge in [-0.25, -0.2) is 4.39 Å². The van der Waals surface area contributed by atoms with Crippen LogP contribution in [0, 0.1) is 5.82 Å². The highest BCUT2D eigenvalue weighted by Gasteiger charge is 2.09. The van der Waals surface area contributed by atoms with Gasteiger partial charge < -0.3 is 15.2 Å². The summed E-state index contributed by atoms with van der Waals surface area (Å²) in [6.07, 6.45) is 0. The van der Waals surface area contributed by atoms with E-state index in [4.69, 9.17) is 15.2 Å². The normalized spacial score (nSPS) is 12.0. The zero-order chi connectivity index (χ0) is 12.1. The molecule has 1 aromatic rings. The van der Waals surface area contributed by atoms with Crippen LogP contribution in [-0.4, -0.2) is 19.1 Å². The van der Waals surface area contributed by atoms with Gasteiger partial charge in [-0.1, -0.05) is 6.07 Å². The molecule has 0 bridgehead atoms. The fourth-order valence-electron chi connectivity index (χ4n) is 1.09. The molecule has 1 atom stereocenters. The minimum atomic E-state index is -0.678. The van der Waals surface area contributed by atoms with E-state index in [1.165, 1.54) is 26.2 Å². The van der Waals surface area contributed by atoms with E-state index in [1.54, 1.807) is 6.07 Å². The second-order valence-electron chi connectivity index (χ2n) is 3.37. The Hall–Kier alpha value is -1.62. The quantitative estimate of drug-likeness (QED) is 0.786. The lowest BCUT2D eigenvalue weighted by atomic mass is 10.2. The largest absolute Gasteiger partial charge is 0.494 e. The molecule has 1 aromatic carbocycles. The van der Waals surface area contributed by atoms with Gasteiger partial charge in [-0.3, -0.25) is 4.79 Å². The van der Waals surface area contributed by atoms with Crippen LogP contribution in [0.4, 0.5) is 4.39 Å². The molecular weight excluding hydrogens is 213 g/mol. The minimum absolute atomic E-state index is 0.00128. The molecule has 5 heteroatoms. The molecule has 88 valence electrons. The van der Waals surface area contributed by atoms with E-state index in [1.807, 2.05) is 0 Å². The Kier molecular flexibility index (Phi) is 4.25. The summed E-state index contributed by atoms with van der Waals surface area (Å²) < 4.78 is 22.9. The molecule has 2 N–H and O–H groups in total. The van der Waals surface area contributed by atoms with Gasteiger partial charge in [0.2, 0.25) is 0 Å². The van der Waals surface area contributed by atoms with Gasteiger partial charge in [-0.05, 0) is 24.6 Å². The van der Waals surface area contributed by atoms with Gasteiger partial charge in [-0.2, -0.15) is 0 Å². The van der Waals surface area contributed by atoms with Crippen molar-refractivity contribution in [3.8, 4) is 5.75 Å². The second kappa shape index (κ2) is 5.46. The van der Waals surface area contributed by atoms with Gasteiger partial charge in [0.15, 0.2) is 11.6 Å². The smallest absolute Gasteiger partial charge is 0.322 e. The van der Waals surface area contributed by atoms with E-state index < -0.39 is 17.8 Å². The molecule has 1 rings (SSSR count). The monoisotopic (exact) mass is 227 g/mol. The Balaban J connectivity index is 2.62. The van der Waals surface area contributed by atoms with Crippen LogP contribution < -0.4 is 10.5 Å². The lowest BCUT2D eigenvalue weighted by molar-refractivity contribution is -0.146. The molecule has 0 aliphatic rings. The number of carbonyl (C=O) groups is 1. The minimum Gasteiger partial charge on any atom is -0.494 e. The highest BCUT2D eigenvalue weighted by molar-refractivity contribution is 5.74. The number of rotatable bonds is 4. The first-order valence-corrected chi connectivity index (χ1v) is 4.79. The van der Waals surface area contributed by atoms with Crippen LogP contribution in [0.25, 0.3) is 0 Å². The zero-order valence-corrected chi connectivity index (χ0v) is 9.20. The number of ether oxygens (including phenoxy) is 2. The predicted octanol–water partition coefficient (Wildman–Crippen LogP) is 1.22. The van der Waals surface area contributed by atoms with Crippen molar-refractivity contribution in [2.24, 2.45) is 5.73 Å². The Labute approximate surface area is 93.2 Å². The molecule has 0 heterocycles. The molecule has 4 nitrogen and oxygen atoms in total. The first kappa shape index (κ1) is 12.4. The Morgan fingerprint density at radius 1 is 1.56 bits per heavy atom. The number of nitrogens with two attached hydrogens (primary N) is 1. The van der Waals surface area contributed by atoms with Crippen molar-refractivity contribution in [2.45, 2.75) is 19.6 Å². The van der Waals surface area contributed by atoms with Gasteiger partial charge in [-0.15, -0.1) is 0 Å². The lowest BCUT2D eigenvalue weighted by Crippen LogP contribution is -2.28. The molecule has 0 fully saturated rings. The van der Waals surface area contributed by atoms with Crippen LogP contribution in [-0.2, 0) is 16.1 Å². The van der Waals surface area contributed by atoms with Crippen LogP contribution in [0.5, 0.6) is 5.75 Å². The van der Waals surface area contributed by atoms with Crippen LogP contribution in [0.2, 0.25) is 0 Å². The summed E-state index contributed by atoms with van der Waals surface area (Å²) in [6, 6.07) is 3.68. The van der Waals surface area contributed by atoms with Crippen molar-refractivity contribution in [3.05, 3.63) is 29.6 Å². The fourth-order valence-corrected chi connectivity index (χ4v) is 1.09. The number of methoxy groups -OCH3 is 1. The van der Waals surface area contributed by atoms with Gasteiger partial charge >= 0.3 is 5.97 Å². The third kappa shape index (κ3) is 3.20. The average molecular weight is 227 g/mol. The molecule has 0 amide bonds. The summed E-state index contributed by atoms with van der Waals surface area (Å²) in [5.74, 6) is -0.852. The van der Waals surface area contributed by atoms with Gasteiger partial charge in [0.05, 0.1) is 7.11 Å². The van der Waals surface area contributed by atoms with Crippen molar-refractivity contribution in [2.75, 3.05) is 7.11 Å². The molecule has 0 aliphatic heterocycles. The second-order valence-corrected chi connectivity index (χ2v) is 3.37. The topological polar surface area (TPSA) is 61.5 Å². The third-order valence-corrected chi connectivity index (χ3v) is 1.97. The number of benzene rings is 1. The number of hydrogen-bond acceptors (Lipinski definition) is 4. The maximum absolute atomic E-state index is 13.2. The maximum atomic E-state index is 13.2. The fraction of sp³-hybridized carbons (Fsp3) is 0.364. The standard InChI is InChI=1S/C11H14FNO3/c1-7(13)11(14)16-6-8-3-4-10(15-2)9(12)5-8/h3-5,7H,6,13H2,1-2H3. The van der Waals surface area contributed by atoms with Gasteiger partial charge in [0.1, 0.15) is 12.6 Å². The highest BCUT2D eigenvalue weighted by atomic mass is 19.1.